The first-order valence-electron chi connectivity index (χ1n) is 5.90. The molecule has 0 aliphatic carbocycles. The van der Waals surface area contributed by atoms with E-state index in [1.165, 1.54) is 6.92 Å². The Bertz CT molecular complexity index is 426. The van der Waals surface area contributed by atoms with Crippen LogP contribution in [0.4, 0.5) is 5.82 Å². The Morgan fingerprint density at radius 3 is 2.61 bits per heavy atom. The third kappa shape index (κ3) is 4.20. The van der Waals surface area contributed by atoms with Crippen LogP contribution in [-0.2, 0) is 9.59 Å². The van der Waals surface area contributed by atoms with Crippen LogP contribution in [0.2, 0.25) is 0 Å². The lowest BCUT2D eigenvalue weighted by Crippen LogP contribution is -2.37. The van der Waals surface area contributed by atoms with E-state index in [0.717, 1.165) is 0 Å². The summed E-state index contributed by atoms with van der Waals surface area (Å²) in [6.07, 6.45) is 0.240. The van der Waals surface area contributed by atoms with Crippen LogP contribution in [0.25, 0.3) is 0 Å². The van der Waals surface area contributed by atoms with E-state index in [2.05, 4.69) is 10.5 Å². The van der Waals surface area contributed by atoms with Crippen LogP contribution in [0.1, 0.15) is 33.0 Å². The number of amides is 2. The monoisotopic (exact) mass is 253 g/mol. The van der Waals surface area contributed by atoms with Gasteiger partial charge in [-0.3, -0.25) is 9.59 Å². The van der Waals surface area contributed by atoms with E-state index in [-0.39, 0.29) is 24.3 Å². The SMILES string of the molecule is CC(=O)N(CCC(=O)Nc1cc(C)on1)C(C)C. The lowest BCUT2D eigenvalue weighted by molar-refractivity contribution is -0.130. The summed E-state index contributed by atoms with van der Waals surface area (Å²) in [6.45, 7) is 7.48. The Balaban J connectivity index is 2.43. The number of carbonyl (C=O) groups is 2. The minimum atomic E-state index is -0.185. The zero-order valence-electron chi connectivity index (χ0n) is 11.2. The van der Waals surface area contributed by atoms with Crippen molar-refractivity contribution in [2.45, 2.75) is 40.2 Å². The molecule has 1 heterocycles. The van der Waals surface area contributed by atoms with Crippen molar-refractivity contribution in [3.63, 3.8) is 0 Å². The van der Waals surface area contributed by atoms with E-state index >= 15 is 0 Å². The Labute approximate surface area is 106 Å². The number of aryl methyl sites for hydroxylation is 1. The number of hydrogen-bond acceptors (Lipinski definition) is 4. The van der Waals surface area contributed by atoms with Crippen LogP contribution in [0, 0.1) is 6.92 Å². The highest BCUT2D eigenvalue weighted by molar-refractivity contribution is 5.90. The molecule has 0 bridgehead atoms. The van der Waals surface area contributed by atoms with Gasteiger partial charge in [-0.2, -0.15) is 0 Å². The summed E-state index contributed by atoms with van der Waals surface area (Å²) in [5, 5.41) is 6.28. The normalized spacial score (nSPS) is 10.5. The van der Waals surface area contributed by atoms with Crippen LogP contribution in [-0.4, -0.2) is 34.5 Å². The highest BCUT2D eigenvalue weighted by Crippen LogP contribution is 2.08. The average Bonchev–Trinajstić information content (AvgIpc) is 2.62. The van der Waals surface area contributed by atoms with Crippen molar-refractivity contribution in [1.82, 2.24) is 10.1 Å². The van der Waals surface area contributed by atoms with Crippen molar-refractivity contribution in [3.8, 4) is 0 Å². The van der Waals surface area contributed by atoms with Gasteiger partial charge in [0.15, 0.2) is 5.82 Å². The van der Waals surface area contributed by atoms with E-state index in [1.807, 2.05) is 13.8 Å². The molecule has 0 aromatic carbocycles. The fourth-order valence-corrected chi connectivity index (χ4v) is 1.63. The van der Waals surface area contributed by atoms with E-state index in [4.69, 9.17) is 4.52 Å². The first-order valence-corrected chi connectivity index (χ1v) is 5.90. The summed E-state index contributed by atoms with van der Waals surface area (Å²) in [7, 11) is 0. The second-order valence-corrected chi connectivity index (χ2v) is 4.43. The summed E-state index contributed by atoms with van der Waals surface area (Å²) < 4.78 is 4.84. The second-order valence-electron chi connectivity index (χ2n) is 4.43. The molecule has 0 aliphatic rings. The molecule has 1 aromatic heterocycles. The Morgan fingerprint density at radius 2 is 2.17 bits per heavy atom. The summed E-state index contributed by atoms with van der Waals surface area (Å²) >= 11 is 0. The van der Waals surface area contributed by atoms with Crippen LogP contribution in [0.15, 0.2) is 10.6 Å². The van der Waals surface area contributed by atoms with Gasteiger partial charge < -0.3 is 14.7 Å². The van der Waals surface area contributed by atoms with Gasteiger partial charge in [-0.1, -0.05) is 5.16 Å². The summed E-state index contributed by atoms with van der Waals surface area (Å²) in [5.74, 6) is 0.819. The molecule has 0 fully saturated rings. The molecular formula is C12H19N3O3. The molecule has 1 aromatic rings. The molecule has 18 heavy (non-hydrogen) atoms. The number of nitrogens with one attached hydrogen (secondary N) is 1. The minimum Gasteiger partial charge on any atom is -0.360 e. The zero-order valence-corrected chi connectivity index (χ0v) is 11.2. The van der Waals surface area contributed by atoms with Crippen molar-refractivity contribution in [1.29, 1.82) is 0 Å². The predicted molar refractivity (Wildman–Crippen MR) is 67.0 cm³/mol. The fraction of sp³-hybridized carbons (Fsp3) is 0.583. The maximum Gasteiger partial charge on any atom is 0.227 e. The van der Waals surface area contributed by atoms with Gasteiger partial charge in [0.05, 0.1) is 0 Å². The molecule has 100 valence electrons. The maximum atomic E-state index is 11.6. The van der Waals surface area contributed by atoms with E-state index < -0.39 is 0 Å². The molecule has 0 spiro atoms. The average molecular weight is 253 g/mol. The van der Waals surface area contributed by atoms with Gasteiger partial charge in [0.25, 0.3) is 0 Å². The summed E-state index contributed by atoms with van der Waals surface area (Å²) in [6, 6.07) is 1.73. The lowest BCUT2D eigenvalue weighted by atomic mass is 10.2. The number of aromatic nitrogens is 1. The van der Waals surface area contributed by atoms with Crippen LogP contribution >= 0.6 is 0 Å². The molecule has 0 atom stereocenters. The van der Waals surface area contributed by atoms with Gasteiger partial charge in [0.1, 0.15) is 5.76 Å². The third-order valence-corrected chi connectivity index (χ3v) is 2.50. The van der Waals surface area contributed by atoms with Gasteiger partial charge in [-0.25, -0.2) is 0 Å². The highest BCUT2D eigenvalue weighted by Gasteiger charge is 2.14. The lowest BCUT2D eigenvalue weighted by Gasteiger charge is -2.24. The maximum absolute atomic E-state index is 11.6. The second kappa shape index (κ2) is 6.18. The first kappa shape index (κ1) is 14.2. The molecular weight excluding hydrogens is 234 g/mol. The van der Waals surface area contributed by atoms with Crippen LogP contribution in [0.5, 0.6) is 0 Å². The number of rotatable bonds is 5. The van der Waals surface area contributed by atoms with Crippen LogP contribution < -0.4 is 5.32 Å². The first-order chi connectivity index (χ1) is 8.40. The number of anilines is 1. The molecule has 0 saturated carbocycles. The molecule has 6 heteroatoms. The van der Waals surface area contributed by atoms with Gasteiger partial charge >= 0.3 is 0 Å². The van der Waals surface area contributed by atoms with Crippen molar-refractivity contribution < 1.29 is 14.1 Å². The van der Waals surface area contributed by atoms with Crippen molar-refractivity contribution >= 4 is 17.6 Å². The quantitative estimate of drug-likeness (QED) is 0.864. The fourth-order valence-electron chi connectivity index (χ4n) is 1.63. The number of carbonyl (C=O) groups excluding carboxylic acids is 2. The molecule has 2 amide bonds. The van der Waals surface area contributed by atoms with Gasteiger partial charge in [0.2, 0.25) is 11.8 Å². The summed E-state index contributed by atoms with van der Waals surface area (Å²) in [5.41, 5.74) is 0. The van der Waals surface area contributed by atoms with Crippen LogP contribution in [0.3, 0.4) is 0 Å². The molecule has 0 unspecified atom stereocenters. The van der Waals surface area contributed by atoms with Crippen molar-refractivity contribution in [3.05, 3.63) is 11.8 Å². The summed E-state index contributed by atoms with van der Waals surface area (Å²) in [4.78, 5) is 24.6. The third-order valence-electron chi connectivity index (χ3n) is 2.50. The predicted octanol–water partition coefficient (Wildman–Crippen LogP) is 1.57. The van der Waals surface area contributed by atoms with E-state index in [0.29, 0.717) is 18.1 Å². The van der Waals surface area contributed by atoms with Gasteiger partial charge in [-0.05, 0) is 20.8 Å². The van der Waals surface area contributed by atoms with Gasteiger partial charge in [0, 0.05) is 32.0 Å². The van der Waals surface area contributed by atoms with E-state index in [1.54, 1.807) is 17.9 Å². The highest BCUT2D eigenvalue weighted by atomic mass is 16.5. The number of hydrogen-bond donors (Lipinski definition) is 1. The minimum absolute atomic E-state index is 0.0323. The molecule has 6 nitrogen and oxygen atoms in total. The van der Waals surface area contributed by atoms with Crippen molar-refractivity contribution in [2.75, 3.05) is 11.9 Å². The topological polar surface area (TPSA) is 75.4 Å². The zero-order chi connectivity index (χ0) is 13.7. The molecule has 1 N–H and O–H groups in total. The standard InChI is InChI=1S/C12H19N3O3/c1-8(2)15(10(4)16)6-5-12(17)13-11-7-9(3)18-14-11/h7-8H,5-6H2,1-4H3,(H,13,14,17). The molecule has 0 saturated heterocycles. The van der Waals surface area contributed by atoms with E-state index in [9.17, 15) is 9.59 Å². The van der Waals surface area contributed by atoms with Gasteiger partial charge in [-0.15, -0.1) is 0 Å². The molecule has 0 aliphatic heterocycles. The largest absolute Gasteiger partial charge is 0.360 e. The number of nitrogens with zero attached hydrogens (tertiary/aromatic N) is 2. The molecule has 0 radical (unpaired) electrons. The Morgan fingerprint density at radius 1 is 1.50 bits per heavy atom. The Hall–Kier alpha value is -1.85. The molecule has 1 rings (SSSR count). The smallest absolute Gasteiger partial charge is 0.227 e. The van der Waals surface area contributed by atoms with Crippen molar-refractivity contribution in [2.24, 2.45) is 0 Å². The Kier molecular flexibility index (Phi) is 4.88.